The summed E-state index contributed by atoms with van der Waals surface area (Å²) in [5.74, 6) is 0.783. The largest absolute Gasteiger partial charge is 0.355 e. The Morgan fingerprint density at radius 2 is 2.13 bits per heavy atom. The number of rotatable bonds is 6. The molecule has 0 radical (unpaired) electrons. The smallest absolute Gasteiger partial charge is 0.251 e. The third-order valence-electron chi connectivity index (χ3n) is 3.77. The van der Waals surface area contributed by atoms with E-state index in [2.05, 4.69) is 10.3 Å². The fourth-order valence-corrected chi connectivity index (χ4v) is 2.30. The molecule has 0 unspecified atom stereocenters. The summed E-state index contributed by atoms with van der Waals surface area (Å²) in [6.45, 7) is 0.487. The highest BCUT2D eigenvalue weighted by molar-refractivity contribution is 5.94. The van der Waals surface area contributed by atoms with Crippen LogP contribution < -0.4 is 5.32 Å². The van der Waals surface area contributed by atoms with Crippen LogP contribution >= 0.6 is 0 Å². The summed E-state index contributed by atoms with van der Waals surface area (Å²) in [6.07, 6.45) is 4.59. The van der Waals surface area contributed by atoms with E-state index in [0.29, 0.717) is 24.9 Å². The van der Waals surface area contributed by atoms with Gasteiger partial charge in [-0.2, -0.15) is 0 Å². The molecule has 2 amide bonds. The summed E-state index contributed by atoms with van der Waals surface area (Å²) in [5.41, 5.74) is 1.59. The molecular weight excluding hydrogens is 292 g/mol. The van der Waals surface area contributed by atoms with E-state index in [0.717, 1.165) is 11.4 Å². The van der Waals surface area contributed by atoms with Gasteiger partial charge in [0, 0.05) is 45.5 Å². The molecule has 1 N–H and O–H groups in total. The molecule has 0 bridgehead atoms. The minimum absolute atomic E-state index is 0.0540. The molecule has 2 aromatic rings. The molecule has 6 nitrogen and oxygen atoms in total. The summed E-state index contributed by atoms with van der Waals surface area (Å²) < 4.78 is 1.90. The molecular formula is C17H22N4O2. The molecule has 0 fully saturated rings. The molecule has 0 saturated heterocycles. The van der Waals surface area contributed by atoms with Gasteiger partial charge in [0.2, 0.25) is 5.91 Å². The number of benzene rings is 1. The topological polar surface area (TPSA) is 67.2 Å². The zero-order chi connectivity index (χ0) is 16.8. The van der Waals surface area contributed by atoms with Crippen molar-refractivity contribution in [3.05, 3.63) is 53.6 Å². The van der Waals surface area contributed by atoms with E-state index in [1.165, 1.54) is 0 Å². The molecule has 6 heteroatoms. The standard InChI is InChI=1S/C17H22N4O2/c1-18-17(23)14-6-4-5-13(11-14)7-8-16(22)21(3)12-15-19-9-10-20(15)2/h4-6,9-11H,7-8,12H2,1-3H3,(H,18,23). The van der Waals surface area contributed by atoms with E-state index in [-0.39, 0.29) is 11.8 Å². The molecule has 2 rings (SSSR count). The first kappa shape index (κ1) is 16.7. The third-order valence-corrected chi connectivity index (χ3v) is 3.77. The van der Waals surface area contributed by atoms with Gasteiger partial charge in [0.15, 0.2) is 0 Å². The Hall–Kier alpha value is -2.63. The minimum Gasteiger partial charge on any atom is -0.355 e. The normalized spacial score (nSPS) is 10.4. The Morgan fingerprint density at radius 1 is 1.35 bits per heavy atom. The summed E-state index contributed by atoms with van der Waals surface area (Å²) in [5, 5.41) is 2.60. The van der Waals surface area contributed by atoms with Crippen LogP contribution in [-0.2, 0) is 24.8 Å². The van der Waals surface area contributed by atoms with Crippen LogP contribution in [0.25, 0.3) is 0 Å². The van der Waals surface area contributed by atoms with Crippen LogP contribution in [0.3, 0.4) is 0 Å². The summed E-state index contributed by atoms with van der Waals surface area (Å²) in [7, 11) is 5.29. The number of nitrogens with zero attached hydrogens (tertiary/aromatic N) is 3. The summed E-state index contributed by atoms with van der Waals surface area (Å²) in [6, 6.07) is 7.35. The van der Waals surface area contributed by atoms with Crippen molar-refractivity contribution in [3.63, 3.8) is 0 Å². The second-order valence-corrected chi connectivity index (χ2v) is 5.48. The Kier molecular flexibility index (Phi) is 5.51. The molecule has 122 valence electrons. The van der Waals surface area contributed by atoms with Crippen molar-refractivity contribution < 1.29 is 9.59 Å². The van der Waals surface area contributed by atoms with Crippen LogP contribution in [0.2, 0.25) is 0 Å². The quantitative estimate of drug-likeness (QED) is 0.876. The van der Waals surface area contributed by atoms with E-state index >= 15 is 0 Å². The van der Waals surface area contributed by atoms with Gasteiger partial charge in [-0.15, -0.1) is 0 Å². The molecule has 23 heavy (non-hydrogen) atoms. The van der Waals surface area contributed by atoms with Crippen molar-refractivity contribution in [1.82, 2.24) is 19.8 Å². The number of aryl methyl sites for hydroxylation is 2. The molecule has 1 aromatic carbocycles. The van der Waals surface area contributed by atoms with Crippen molar-refractivity contribution >= 4 is 11.8 Å². The number of aromatic nitrogens is 2. The molecule has 0 aliphatic carbocycles. The summed E-state index contributed by atoms with van der Waals surface area (Å²) in [4.78, 5) is 29.8. The van der Waals surface area contributed by atoms with Crippen LogP contribution in [0.15, 0.2) is 36.7 Å². The van der Waals surface area contributed by atoms with Crippen LogP contribution in [0.1, 0.15) is 28.2 Å². The van der Waals surface area contributed by atoms with Gasteiger partial charge < -0.3 is 14.8 Å². The third kappa shape index (κ3) is 4.42. The lowest BCUT2D eigenvalue weighted by atomic mass is 10.1. The van der Waals surface area contributed by atoms with Gasteiger partial charge in [0.25, 0.3) is 5.91 Å². The lowest BCUT2D eigenvalue weighted by Gasteiger charge is -2.17. The molecule has 0 atom stereocenters. The number of hydrogen-bond acceptors (Lipinski definition) is 3. The Bertz CT molecular complexity index is 693. The van der Waals surface area contributed by atoms with Gasteiger partial charge in [0.05, 0.1) is 6.54 Å². The predicted molar refractivity (Wildman–Crippen MR) is 87.8 cm³/mol. The molecule has 0 saturated carbocycles. The van der Waals surface area contributed by atoms with Gasteiger partial charge in [-0.1, -0.05) is 12.1 Å². The van der Waals surface area contributed by atoms with Crippen molar-refractivity contribution in [1.29, 1.82) is 0 Å². The van der Waals surface area contributed by atoms with Crippen molar-refractivity contribution in [2.75, 3.05) is 14.1 Å². The SMILES string of the molecule is CNC(=O)c1cccc(CCC(=O)N(C)Cc2nccn2C)c1. The van der Waals surface area contributed by atoms with Crippen LogP contribution in [-0.4, -0.2) is 40.4 Å². The average Bonchev–Trinajstić information content (AvgIpc) is 2.97. The van der Waals surface area contributed by atoms with E-state index in [1.54, 1.807) is 31.3 Å². The Labute approximate surface area is 136 Å². The van der Waals surface area contributed by atoms with Crippen LogP contribution in [0.4, 0.5) is 0 Å². The number of carbonyl (C=O) groups excluding carboxylic acids is 2. The maximum absolute atomic E-state index is 12.2. The zero-order valence-corrected chi connectivity index (χ0v) is 13.7. The number of imidazole rings is 1. The van der Waals surface area contributed by atoms with Crippen molar-refractivity contribution in [3.8, 4) is 0 Å². The van der Waals surface area contributed by atoms with E-state index in [1.807, 2.05) is 36.0 Å². The number of hydrogen-bond donors (Lipinski definition) is 1. The maximum Gasteiger partial charge on any atom is 0.251 e. The van der Waals surface area contributed by atoms with E-state index in [9.17, 15) is 9.59 Å². The first-order valence-electron chi connectivity index (χ1n) is 7.52. The maximum atomic E-state index is 12.2. The molecule has 0 spiro atoms. The van der Waals surface area contributed by atoms with Gasteiger partial charge >= 0.3 is 0 Å². The monoisotopic (exact) mass is 314 g/mol. The highest BCUT2D eigenvalue weighted by Crippen LogP contribution is 2.09. The molecule has 0 aliphatic heterocycles. The molecule has 1 heterocycles. The highest BCUT2D eigenvalue weighted by atomic mass is 16.2. The second-order valence-electron chi connectivity index (χ2n) is 5.48. The number of nitrogens with one attached hydrogen (secondary N) is 1. The van der Waals surface area contributed by atoms with Gasteiger partial charge in [-0.25, -0.2) is 4.98 Å². The van der Waals surface area contributed by atoms with E-state index < -0.39 is 0 Å². The van der Waals surface area contributed by atoms with Crippen LogP contribution in [0, 0.1) is 0 Å². The first-order valence-corrected chi connectivity index (χ1v) is 7.52. The highest BCUT2D eigenvalue weighted by Gasteiger charge is 2.12. The molecule has 1 aromatic heterocycles. The summed E-state index contributed by atoms with van der Waals surface area (Å²) >= 11 is 0. The lowest BCUT2D eigenvalue weighted by molar-refractivity contribution is -0.130. The minimum atomic E-state index is -0.120. The van der Waals surface area contributed by atoms with Crippen molar-refractivity contribution in [2.24, 2.45) is 7.05 Å². The molecule has 0 aliphatic rings. The van der Waals surface area contributed by atoms with Crippen molar-refractivity contribution in [2.45, 2.75) is 19.4 Å². The fourth-order valence-electron chi connectivity index (χ4n) is 2.30. The van der Waals surface area contributed by atoms with Crippen LogP contribution in [0.5, 0.6) is 0 Å². The van der Waals surface area contributed by atoms with Gasteiger partial charge in [-0.3, -0.25) is 9.59 Å². The second kappa shape index (κ2) is 7.58. The lowest BCUT2D eigenvalue weighted by Crippen LogP contribution is -2.27. The van der Waals surface area contributed by atoms with Gasteiger partial charge in [-0.05, 0) is 24.1 Å². The zero-order valence-electron chi connectivity index (χ0n) is 13.7. The first-order chi connectivity index (χ1) is 11.0. The number of carbonyl (C=O) groups is 2. The average molecular weight is 314 g/mol. The van der Waals surface area contributed by atoms with Gasteiger partial charge in [0.1, 0.15) is 5.82 Å². The Morgan fingerprint density at radius 3 is 2.78 bits per heavy atom. The Balaban J connectivity index is 1.91. The van der Waals surface area contributed by atoms with E-state index in [4.69, 9.17) is 0 Å². The fraction of sp³-hybridized carbons (Fsp3) is 0.353. The number of amides is 2. The predicted octanol–water partition coefficient (Wildman–Crippen LogP) is 1.37.